The molecule has 8 rings (SSSR count). The van der Waals surface area contributed by atoms with Crippen LogP contribution in [0, 0.1) is 10.8 Å². The van der Waals surface area contributed by atoms with Crippen LogP contribution < -0.4 is 9.47 Å². The molecule has 2 spiro atoms. The molecular formula is C58H92N2O12. The number of nitrogens with zero attached hydrogens (tertiary/aromatic N) is 2. The summed E-state index contributed by atoms with van der Waals surface area (Å²) >= 11 is 0. The number of benzene rings is 2. The fourth-order valence-electron chi connectivity index (χ4n) is 11.9. The van der Waals surface area contributed by atoms with E-state index in [4.69, 9.17) is 57.0 Å². The van der Waals surface area contributed by atoms with Gasteiger partial charge >= 0.3 is 0 Å². The van der Waals surface area contributed by atoms with Gasteiger partial charge in [-0.15, -0.1) is 0 Å². The van der Waals surface area contributed by atoms with Gasteiger partial charge in [-0.2, -0.15) is 10.1 Å². The highest BCUT2D eigenvalue weighted by Crippen LogP contribution is 2.52. The monoisotopic (exact) mass is 1010 g/mol. The van der Waals surface area contributed by atoms with Crippen LogP contribution in [-0.4, -0.2) is 135 Å². The summed E-state index contributed by atoms with van der Waals surface area (Å²) in [5.41, 5.74) is 0.537. The smallest absolute Gasteiger partial charge is 0.171 e. The Bertz CT molecular complexity index is 1820. The van der Waals surface area contributed by atoms with Crippen molar-refractivity contribution in [3.63, 3.8) is 0 Å². The van der Waals surface area contributed by atoms with Crippen molar-refractivity contribution < 1.29 is 57.0 Å². The Hall–Kier alpha value is -2.44. The molecule has 2 aromatic carbocycles. The van der Waals surface area contributed by atoms with Gasteiger partial charge in [-0.3, -0.25) is 9.68 Å². The van der Waals surface area contributed by atoms with Gasteiger partial charge in [0.2, 0.25) is 0 Å². The summed E-state index contributed by atoms with van der Waals surface area (Å²) in [7, 11) is 0. The van der Waals surface area contributed by atoms with E-state index in [-0.39, 0.29) is 57.4 Å². The Balaban J connectivity index is 0.700. The molecule has 0 bridgehead atoms. The number of hydroxylamine groups is 4. The Morgan fingerprint density at radius 1 is 0.500 bits per heavy atom. The number of ether oxygens (including phenoxy) is 10. The van der Waals surface area contributed by atoms with E-state index in [0.717, 1.165) is 87.6 Å². The lowest BCUT2D eigenvalue weighted by molar-refractivity contribution is -0.391. The predicted octanol–water partition coefficient (Wildman–Crippen LogP) is 11.1. The zero-order valence-electron chi connectivity index (χ0n) is 46.3. The Labute approximate surface area is 432 Å². The maximum Gasteiger partial charge on any atom is 0.171 e. The fraction of sp³-hybridized carbons (Fsp3) is 0.793. The Morgan fingerprint density at radius 3 is 1.11 bits per heavy atom. The molecule has 6 fully saturated rings. The van der Waals surface area contributed by atoms with E-state index in [2.05, 4.69) is 117 Å². The van der Waals surface area contributed by atoms with Crippen molar-refractivity contribution in [3.05, 3.63) is 59.7 Å². The third-order valence-electron chi connectivity index (χ3n) is 16.1. The standard InChI is InChI=1S/C58H92N2O12/c1-13-55(39-67-57(68-40-55)33-51(5,6)59(52(7,8)34-57)71-43(3)45-19-23-47(24-20-45)63-29-49-31-65-49)37-61-27-17-15-16-18-28-62-38-56(14-2)41-69-58(70-42-56)35-53(9,10)60(54(11,12)36-58)72-44(4)46-21-25-48(26-22-46)64-30-50-32-66-50/h19-26,43-44,49-50H,13-18,27-42H2,1-12H3. The fourth-order valence-corrected chi connectivity index (χ4v) is 11.9. The lowest BCUT2D eigenvalue weighted by Crippen LogP contribution is -2.68. The molecule has 6 heterocycles. The van der Waals surface area contributed by atoms with Crippen molar-refractivity contribution in [3.8, 4) is 11.5 Å². The van der Waals surface area contributed by atoms with Crippen molar-refractivity contribution in [2.24, 2.45) is 10.8 Å². The molecule has 4 atom stereocenters. The number of hydrogen-bond acceptors (Lipinski definition) is 14. The highest BCUT2D eigenvalue weighted by atomic mass is 16.7. The molecule has 6 aliphatic heterocycles. The van der Waals surface area contributed by atoms with Gasteiger partial charge in [-0.25, -0.2) is 0 Å². The molecule has 0 saturated carbocycles. The zero-order valence-corrected chi connectivity index (χ0v) is 46.3. The average molecular weight is 1010 g/mol. The second-order valence-corrected chi connectivity index (χ2v) is 24.9. The van der Waals surface area contributed by atoms with Crippen LogP contribution >= 0.6 is 0 Å². The predicted molar refractivity (Wildman–Crippen MR) is 276 cm³/mol. The van der Waals surface area contributed by atoms with Gasteiger partial charge < -0.3 is 47.4 Å². The van der Waals surface area contributed by atoms with Crippen LogP contribution in [0.25, 0.3) is 0 Å². The summed E-state index contributed by atoms with van der Waals surface area (Å²) in [5, 5.41) is 4.36. The van der Waals surface area contributed by atoms with Gasteiger partial charge in [0.15, 0.2) is 11.6 Å². The van der Waals surface area contributed by atoms with Crippen LogP contribution in [0.5, 0.6) is 11.5 Å². The van der Waals surface area contributed by atoms with Crippen LogP contribution in [0.3, 0.4) is 0 Å². The van der Waals surface area contributed by atoms with E-state index in [0.29, 0.717) is 78.5 Å². The second kappa shape index (κ2) is 22.6. The maximum atomic E-state index is 6.81. The van der Waals surface area contributed by atoms with Gasteiger partial charge in [0.1, 0.15) is 49.1 Å². The van der Waals surface area contributed by atoms with Gasteiger partial charge in [-0.1, -0.05) is 51.0 Å². The van der Waals surface area contributed by atoms with Gasteiger partial charge in [0.25, 0.3) is 0 Å². The summed E-state index contributed by atoms with van der Waals surface area (Å²) in [5.74, 6) is 0.355. The van der Waals surface area contributed by atoms with Crippen LogP contribution in [0.1, 0.15) is 171 Å². The number of piperidine rings is 2. The third-order valence-corrected chi connectivity index (χ3v) is 16.1. The molecule has 0 amide bonds. The van der Waals surface area contributed by atoms with Crippen LogP contribution in [0.4, 0.5) is 0 Å². The molecule has 72 heavy (non-hydrogen) atoms. The minimum Gasteiger partial charge on any atom is -0.491 e. The average Bonchev–Trinajstić information content (AvgIpc) is 4.29. The van der Waals surface area contributed by atoms with Crippen LogP contribution in [-0.2, 0) is 47.6 Å². The lowest BCUT2D eigenvalue weighted by atomic mass is 9.76. The second-order valence-electron chi connectivity index (χ2n) is 24.9. The molecule has 14 heteroatoms. The van der Waals surface area contributed by atoms with E-state index in [9.17, 15) is 0 Å². The molecule has 4 unspecified atom stereocenters. The Morgan fingerprint density at radius 2 is 0.819 bits per heavy atom. The first-order chi connectivity index (χ1) is 34.1. The molecule has 0 aliphatic carbocycles. The van der Waals surface area contributed by atoms with Crippen molar-refractivity contribution >= 4 is 0 Å². The van der Waals surface area contributed by atoms with Crippen LogP contribution in [0.15, 0.2) is 48.5 Å². The first-order valence-electron chi connectivity index (χ1n) is 27.5. The lowest BCUT2D eigenvalue weighted by Gasteiger charge is -2.60. The molecule has 6 saturated heterocycles. The van der Waals surface area contributed by atoms with Gasteiger partial charge in [0.05, 0.1) is 52.9 Å². The zero-order chi connectivity index (χ0) is 51.5. The first kappa shape index (κ1) is 55.8. The molecule has 2 aromatic rings. The van der Waals surface area contributed by atoms with E-state index in [1.165, 1.54) is 0 Å². The van der Waals surface area contributed by atoms with Crippen molar-refractivity contribution in [2.45, 2.75) is 205 Å². The summed E-state index contributed by atoms with van der Waals surface area (Å²) in [6.07, 6.45) is 9.12. The SMILES string of the molecule is CCC1(COCCCCCCOCC2(CC)COC3(CC(C)(C)N(OC(C)c4ccc(OCC5CO5)cc4)C(C)(C)C3)OC2)COC2(CC(C)(C)N(OC(C)c3ccc(OCC4CO4)cc3)C(C)(C)C2)OC1. The summed E-state index contributed by atoms with van der Waals surface area (Å²) in [6, 6.07) is 16.4. The summed E-state index contributed by atoms with van der Waals surface area (Å²) in [6.45, 7) is 34.5. The first-order valence-corrected chi connectivity index (χ1v) is 27.5. The van der Waals surface area contributed by atoms with E-state index >= 15 is 0 Å². The van der Waals surface area contributed by atoms with E-state index in [1.807, 2.05) is 24.3 Å². The minimum absolute atomic E-state index is 0.136. The quantitative estimate of drug-likeness (QED) is 0.0692. The highest BCUT2D eigenvalue weighted by molar-refractivity contribution is 5.29. The largest absolute Gasteiger partial charge is 0.491 e. The number of unbranched alkanes of at least 4 members (excludes halogenated alkanes) is 3. The van der Waals surface area contributed by atoms with Crippen molar-refractivity contribution in [2.75, 3.05) is 79.3 Å². The molecular weight excluding hydrogens is 917 g/mol. The molecule has 0 aromatic heterocycles. The number of rotatable bonds is 25. The number of hydrogen-bond donors (Lipinski definition) is 0. The van der Waals surface area contributed by atoms with Gasteiger partial charge in [0, 0.05) is 71.9 Å². The normalized spacial score (nSPS) is 27.3. The topological polar surface area (TPSA) is 124 Å². The molecule has 14 nitrogen and oxygen atoms in total. The third kappa shape index (κ3) is 13.9. The van der Waals surface area contributed by atoms with Gasteiger partial charge in [-0.05, 0) is 130 Å². The highest BCUT2D eigenvalue weighted by Gasteiger charge is 2.59. The molecule has 406 valence electrons. The number of epoxide rings is 2. The van der Waals surface area contributed by atoms with Crippen molar-refractivity contribution in [1.82, 2.24) is 10.1 Å². The summed E-state index contributed by atoms with van der Waals surface area (Å²) in [4.78, 5) is 13.5. The molecule has 0 radical (unpaired) electrons. The van der Waals surface area contributed by atoms with Crippen molar-refractivity contribution in [1.29, 1.82) is 0 Å². The van der Waals surface area contributed by atoms with E-state index < -0.39 is 11.6 Å². The van der Waals surface area contributed by atoms with Crippen LogP contribution in [0.2, 0.25) is 0 Å². The minimum atomic E-state index is -0.671. The summed E-state index contributed by atoms with van der Waals surface area (Å²) < 4.78 is 62.2. The van der Waals surface area contributed by atoms with E-state index in [1.54, 1.807) is 0 Å². The maximum absolute atomic E-state index is 6.81. The molecule has 6 aliphatic rings. The Kier molecular flexibility index (Phi) is 17.5. The molecule has 0 N–H and O–H groups in total.